The van der Waals surface area contributed by atoms with E-state index in [0.717, 1.165) is 33.2 Å². The van der Waals surface area contributed by atoms with Gasteiger partial charge in [-0.2, -0.15) is 5.10 Å². The molecule has 154 valence electrons. The highest BCUT2D eigenvalue weighted by Gasteiger charge is 2.12. The molecule has 0 aliphatic rings. The average Bonchev–Trinajstić information content (AvgIpc) is 2.79. The van der Waals surface area contributed by atoms with Crippen LogP contribution in [0.3, 0.4) is 0 Å². The molecule has 0 spiro atoms. The molecular weight excluding hydrogens is 408 g/mol. The van der Waals surface area contributed by atoms with Crippen LogP contribution in [0.2, 0.25) is 5.02 Å². The maximum atomic E-state index is 12.8. The van der Waals surface area contributed by atoms with Crippen molar-refractivity contribution in [1.82, 2.24) is 5.43 Å². The lowest BCUT2D eigenvalue weighted by atomic mass is 9.99. The van der Waals surface area contributed by atoms with Crippen LogP contribution in [0, 0.1) is 6.92 Å². The van der Waals surface area contributed by atoms with Gasteiger partial charge >= 0.3 is 0 Å². The molecule has 0 unspecified atom stereocenters. The van der Waals surface area contributed by atoms with Gasteiger partial charge in [0.25, 0.3) is 5.91 Å². The SMILES string of the molecule is Cc1ccc2ccccc2c1C(=O)N/N=C\c1cccc(OCc2ccc(Cl)cc2)c1. The van der Waals surface area contributed by atoms with Crippen LogP contribution in [0.25, 0.3) is 10.8 Å². The Labute approximate surface area is 186 Å². The largest absolute Gasteiger partial charge is 0.489 e. The molecule has 5 heteroatoms. The third-order valence-electron chi connectivity index (χ3n) is 4.92. The number of fused-ring (bicyclic) bond motifs is 1. The Hall–Kier alpha value is -3.63. The van der Waals surface area contributed by atoms with Crippen molar-refractivity contribution in [3.05, 3.63) is 112 Å². The molecule has 4 aromatic rings. The van der Waals surface area contributed by atoms with Crippen LogP contribution in [-0.2, 0) is 6.61 Å². The summed E-state index contributed by atoms with van der Waals surface area (Å²) in [6.07, 6.45) is 1.60. The van der Waals surface area contributed by atoms with Crippen LogP contribution >= 0.6 is 11.6 Å². The number of carbonyl (C=O) groups is 1. The number of amides is 1. The minimum absolute atomic E-state index is 0.235. The van der Waals surface area contributed by atoms with Crippen LogP contribution in [0.15, 0.2) is 90.0 Å². The van der Waals surface area contributed by atoms with Crippen molar-refractivity contribution in [1.29, 1.82) is 0 Å². The van der Waals surface area contributed by atoms with E-state index in [1.54, 1.807) is 6.21 Å². The first-order chi connectivity index (χ1) is 15.1. The molecule has 0 aromatic heterocycles. The summed E-state index contributed by atoms with van der Waals surface area (Å²) in [4.78, 5) is 12.8. The van der Waals surface area contributed by atoms with Crippen LogP contribution in [0.4, 0.5) is 0 Å². The first-order valence-electron chi connectivity index (χ1n) is 9.89. The molecule has 0 saturated heterocycles. The van der Waals surface area contributed by atoms with Crippen molar-refractivity contribution in [2.24, 2.45) is 5.10 Å². The van der Waals surface area contributed by atoms with Gasteiger partial charge < -0.3 is 4.74 Å². The zero-order valence-corrected chi connectivity index (χ0v) is 17.8. The summed E-state index contributed by atoms with van der Waals surface area (Å²) in [5, 5.41) is 6.77. The second-order valence-corrected chi connectivity index (χ2v) is 7.60. The molecule has 1 amide bonds. The highest BCUT2D eigenvalue weighted by atomic mass is 35.5. The molecule has 0 heterocycles. The highest BCUT2D eigenvalue weighted by molar-refractivity contribution is 6.30. The number of hydrazone groups is 1. The molecule has 0 atom stereocenters. The summed E-state index contributed by atoms with van der Waals surface area (Å²) < 4.78 is 5.84. The Morgan fingerprint density at radius 2 is 1.81 bits per heavy atom. The quantitative estimate of drug-likeness (QED) is 0.296. The topological polar surface area (TPSA) is 50.7 Å². The lowest BCUT2D eigenvalue weighted by Crippen LogP contribution is -2.19. The predicted octanol–water partition coefficient (Wildman–Crippen LogP) is 6.14. The maximum absolute atomic E-state index is 12.8. The van der Waals surface area contributed by atoms with Gasteiger partial charge in [0.2, 0.25) is 0 Å². The number of aryl methyl sites for hydroxylation is 1. The highest BCUT2D eigenvalue weighted by Crippen LogP contribution is 2.22. The summed E-state index contributed by atoms with van der Waals surface area (Å²) >= 11 is 5.91. The van der Waals surface area contributed by atoms with E-state index < -0.39 is 0 Å². The van der Waals surface area contributed by atoms with Crippen molar-refractivity contribution in [2.75, 3.05) is 0 Å². The van der Waals surface area contributed by atoms with Gasteiger partial charge in [-0.15, -0.1) is 0 Å². The standard InChI is InChI=1S/C26H21ClN2O2/c1-18-9-12-21-6-2-3-8-24(21)25(18)26(30)29-28-16-20-5-4-7-23(15-20)31-17-19-10-13-22(27)14-11-19/h2-16H,17H2,1H3,(H,29,30)/b28-16-. The summed E-state index contributed by atoms with van der Waals surface area (Å²) in [6, 6.07) is 26.8. The van der Waals surface area contributed by atoms with Crippen molar-refractivity contribution < 1.29 is 9.53 Å². The number of benzene rings is 4. The van der Waals surface area contributed by atoms with Crippen LogP contribution in [0.5, 0.6) is 5.75 Å². The second kappa shape index (κ2) is 9.45. The van der Waals surface area contributed by atoms with Crippen molar-refractivity contribution in [2.45, 2.75) is 13.5 Å². The second-order valence-electron chi connectivity index (χ2n) is 7.17. The molecule has 1 N–H and O–H groups in total. The van der Waals surface area contributed by atoms with Crippen LogP contribution < -0.4 is 10.2 Å². The number of hydrogen-bond donors (Lipinski definition) is 1. The van der Waals surface area contributed by atoms with E-state index in [0.29, 0.717) is 17.2 Å². The van der Waals surface area contributed by atoms with Crippen molar-refractivity contribution in [3.63, 3.8) is 0 Å². The number of nitrogens with zero attached hydrogens (tertiary/aromatic N) is 1. The monoisotopic (exact) mass is 428 g/mol. The molecule has 0 aliphatic heterocycles. The van der Waals surface area contributed by atoms with Gasteiger partial charge in [-0.3, -0.25) is 4.79 Å². The van der Waals surface area contributed by atoms with Gasteiger partial charge in [0, 0.05) is 5.02 Å². The lowest BCUT2D eigenvalue weighted by molar-refractivity contribution is 0.0956. The summed E-state index contributed by atoms with van der Waals surface area (Å²) in [5.41, 5.74) is 6.03. The van der Waals surface area contributed by atoms with E-state index in [4.69, 9.17) is 16.3 Å². The van der Waals surface area contributed by atoms with Crippen molar-refractivity contribution in [3.8, 4) is 5.75 Å². The normalized spacial score (nSPS) is 11.0. The van der Waals surface area contributed by atoms with Gasteiger partial charge in [0.1, 0.15) is 12.4 Å². The zero-order valence-electron chi connectivity index (χ0n) is 17.0. The number of nitrogens with one attached hydrogen (secondary N) is 1. The van der Waals surface area contributed by atoms with Crippen LogP contribution in [0.1, 0.15) is 27.0 Å². The Kier molecular flexibility index (Phi) is 6.29. The summed E-state index contributed by atoms with van der Waals surface area (Å²) in [7, 11) is 0. The zero-order chi connectivity index (χ0) is 21.6. The lowest BCUT2D eigenvalue weighted by Gasteiger charge is -2.09. The molecule has 0 fully saturated rings. The van der Waals surface area contributed by atoms with Gasteiger partial charge in [-0.05, 0) is 58.7 Å². The number of hydrogen-bond acceptors (Lipinski definition) is 3. The summed E-state index contributed by atoms with van der Waals surface area (Å²) in [5.74, 6) is 0.482. The third kappa shape index (κ3) is 5.11. The minimum atomic E-state index is -0.235. The van der Waals surface area contributed by atoms with Gasteiger partial charge in [0.15, 0.2) is 0 Å². The van der Waals surface area contributed by atoms with E-state index >= 15 is 0 Å². The fraction of sp³-hybridized carbons (Fsp3) is 0.0769. The molecule has 0 bridgehead atoms. The molecular formula is C26H21ClN2O2. The summed E-state index contributed by atoms with van der Waals surface area (Å²) in [6.45, 7) is 2.36. The van der Waals surface area contributed by atoms with E-state index in [2.05, 4.69) is 10.5 Å². The molecule has 4 rings (SSSR count). The van der Waals surface area contributed by atoms with E-state index in [1.807, 2.05) is 91.9 Å². The van der Waals surface area contributed by atoms with Gasteiger partial charge in [0.05, 0.1) is 11.8 Å². The predicted molar refractivity (Wildman–Crippen MR) is 126 cm³/mol. The Morgan fingerprint density at radius 3 is 2.65 bits per heavy atom. The molecule has 4 aromatic carbocycles. The maximum Gasteiger partial charge on any atom is 0.272 e. The first kappa shape index (κ1) is 20.6. The van der Waals surface area contributed by atoms with E-state index in [1.165, 1.54) is 0 Å². The minimum Gasteiger partial charge on any atom is -0.489 e. The molecule has 4 nitrogen and oxygen atoms in total. The molecule has 0 aliphatic carbocycles. The number of halogens is 1. The average molecular weight is 429 g/mol. The van der Waals surface area contributed by atoms with Gasteiger partial charge in [-0.25, -0.2) is 5.43 Å². The molecule has 0 radical (unpaired) electrons. The van der Waals surface area contributed by atoms with E-state index in [9.17, 15) is 4.79 Å². The number of carbonyl (C=O) groups excluding carboxylic acids is 1. The fourth-order valence-corrected chi connectivity index (χ4v) is 3.46. The Bertz CT molecular complexity index is 1250. The van der Waals surface area contributed by atoms with E-state index in [-0.39, 0.29) is 5.91 Å². The van der Waals surface area contributed by atoms with Gasteiger partial charge in [-0.1, -0.05) is 72.3 Å². The van der Waals surface area contributed by atoms with Crippen molar-refractivity contribution >= 4 is 34.5 Å². The smallest absolute Gasteiger partial charge is 0.272 e. The Balaban J connectivity index is 1.42. The third-order valence-corrected chi connectivity index (χ3v) is 5.17. The first-order valence-corrected chi connectivity index (χ1v) is 10.3. The number of rotatable bonds is 6. The molecule has 31 heavy (non-hydrogen) atoms. The Morgan fingerprint density at radius 1 is 1.00 bits per heavy atom. The van der Waals surface area contributed by atoms with Crippen LogP contribution in [-0.4, -0.2) is 12.1 Å². The fourth-order valence-electron chi connectivity index (χ4n) is 3.34. The molecule has 0 saturated carbocycles. The number of ether oxygens (including phenoxy) is 1.